The third kappa shape index (κ3) is 5.06. The molecule has 0 aromatic carbocycles. The Bertz CT molecular complexity index is 555. The molecule has 1 saturated carbocycles. The average molecular weight is 346 g/mol. The van der Waals surface area contributed by atoms with Crippen molar-refractivity contribution in [2.45, 2.75) is 57.5 Å². The summed E-state index contributed by atoms with van der Waals surface area (Å²) in [5, 5.41) is 8.29. The van der Waals surface area contributed by atoms with Gasteiger partial charge in [0.15, 0.2) is 5.82 Å². The molecule has 1 aromatic heterocycles. The summed E-state index contributed by atoms with van der Waals surface area (Å²) in [7, 11) is 3.86. The fraction of sp³-hybridized carbons (Fsp3) is 0.737. The van der Waals surface area contributed by atoms with E-state index < -0.39 is 0 Å². The van der Waals surface area contributed by atoms with Crippen LogP contribution >= 0.6 is 0 Å². The summed E-state index contributed by atoms with van der Waals surface area (Å²) in [4.78, 5) is 16.5. The molecular formula is C19H30N4O2. The van der Waals surface area contributed by atoms with E-state index in [1.807, 2.05) is 36.0 Å². The Morgan fingerprint density at radius 2 is 1.96 bits per heavy atom. The summed E-state index contributed by atoms with van der Waals surface area (Å²) in [6.45, 7) is 1.53. The monoisotopic (exact) mass is 346 g/mol. The number of amides is 1. The lowest BCUT2D eigenvalue weighted by Crippen LogP contribution is -2.45. The van der Waals surface area contributed by atoms with Crippen LogP contribution in [0.4, 0.5) is 5.82 Å². The minimum atomic E-state index is 0.0172. The van der Waals surface area contributed by atoms with E-state index in [2.05, 4.69) is 10.2 Å². The van der Waals surface area contributed by atoms with Crippen molar-refractivity contribution in [3.8, 4) is 5.88 Å². The van der Waals surface area contributed by atoms with Gasteiger partial charge in [-0.1, -0.05) is 19.3 Å². The number of hydrogen-bond acceptors (Lipinski definition) is 5. The van der Waals surface area contributed by atoms with E-state index in [1.165, 1.54) is 32.1 Å². The second-order valence-corrected chi connectivity index (χ2v) is 7.55. The zero-order valence-corrected chi connectivity index (χ0v) is 15.5. The highest BCUT2D eigenvalue weighted by molar-refractivity contribution is 5.76. The van der Waals surface area contributed by atoms with Gasteiger partial charge in [-0.3, -0.25) is 4.79 Å². The Kier molecular flexibility index (Phi) is 6.10. The number of likely N-dealkylation sites (tertiary alicyclic amines) is 1. The molecule has 1 saturated heterocycles. The maximum Gasteiger partial charge on any atom is 0.233 e. The van der Waals surface area contributed by atoms with Crippen LogP contribution in [0.3, 0.4) is 0 Å². The maximum absolute atomic E-state index is 12.6. The first-order chi connectivity index (χ1) is 12.1. The Morgan fingerprint density at radius 3 is 2.64 bits per heavy atom. The van der Waals surface area contributed by atoms with Gasteiger partial charge in [-0.25, -0.2) is 0 Å². The zero-order chi connectivity index (χ0) is 17.6. The van der Waals surface area contributed by atoms with E-state index in [0.29, 0.717) is 30.7 Å². The van der Waals surface area contributed by atoms with Gasteiger partial charge in [0.1, 0.15) is 6.10 Å². The van der Waals surface area contributed by atoms with Gasteiger partial charge >= 0.3 is 0 Å². The third-order valence-corrected chi connectivity index (χ3v) is 5.29. The van der Waals surface area contributed by atoms with E-state index in [4.69, 9.17) is 4.74 Å². The van der Waals surface area contributed by atoms with E-state index >= 15 is 0 Å². The van der Waals surface area contributed by atoms with Crippen LogP contribution < -0.4 is 9.64 Å². The van der Waals surface area contributed by atoms with Crippen molar-refractivity contribution in [1.82, 2.24) is 15.1 Å². The number of nitrogens with zero attached hydrogens (tertiary/aromatic N) is 4. The van der Waals surface area contributed by atoms with Gasteiger partial charge < -0.3 is 14.5 Å². The first-order valence-corrected chi connectivity index (χ1v) is 9.57. The molecule has 1 atom stereocenters. The SMILES string of the molecule is CN(C)c1ccc(OC2CCCN(C(=O)CC3CCCCC3)C2)nn1. The molecule has 0 N–H and O–H groups in total. The molecule has 2 aliphatic rings. The second kappa shape index (κ2) is 8.50. The molecule has 25 heavy (non-hydrogen) atoms. The van der Waals surface area contributed by atoms with Crippen molar-refractivity contribution >= 4 is 11.7 Å². The molecule has 1 aliphatic heterocycles. The van der Waals surface area contributed by atoms with Crippen molar-refractivity contribution in [1.29, 1.82) is 0 Å². The molecule has 0 radical (unpaired) electrons. The summed E-state index contributed by atoms with van der Waals surface area (Å²) in [5.41, 5.74) is 0. The number of hydrogen-bond donors (Lipinski definition) is 0. The number of rotatable bonds is 5. The first-order valence-electron chi connectivity index (χ1n) is 9.57. The van der Waals surface area contributed by atoms with E-state index in [0.717, 1.165) is 25.2 Å². The largest absolute Gasteiger partial charge is 0.471 e. The number of piperidine rings is 1. The smallest absolute Gasteiger partial charge is 0.233 e. The zero-order valence-electron chi connectivity index (χ0n) is 15.5. The number of ether oxygens (including phenoxy) is 1. The molecule has 138 valence electrons. The van der Waals surface area contributed by atoms with Gasteiger partial charge in [0.05, 0.1) is 6.54 Å². The fourth-order valence-electron chi connectivity index (χ4n) is 3.81. The lowest BCUT2D eigenvalue weighted by molar-refractivity contribution is -0.135. The van der Waals surface area contributed by atoms with Gasteiger partial charge in [-0.2, -0.15) is 0 Å². The molecule has 0 bridgehead atoms. The number of aromatic nitrogens is 2. The van der Waals surface area contributed by atoms with Gasteiger partial charge in [0.2, 0.25) is 11.8 Å². The van der Waals surface area contributed by atoms with E-state index in [9.17, 15) is 4.79 Å². The minimum Gasteiger partial charge on any atom is -0.471 e. The molecule has 1 aromatic rings. The summed E-state index contributed by atoms with van der Waals surface area (Å²) >= 11 is 0. The summed E-state index contributed by atoms with van der Waals surface area (Å²) in [5.74, 6) is 2.23. The van der Waals surface area contributed by atoms with Crippen molar-refractivity contribution < 1.29 is 9.53 Å². The third-order valence-electron chi connectivity index (χ3n) is 5.29. The van der Waals surface area contributed by atoms with Crippen LogP contribution in [0.1, 0.15) is 51.4 Å². The van der Waals surface area contributed by atoms with Crippen molar-refractivity contribution in [2.75, 3.05) is 32.1 Å². The first kappa shape index (κ1) is 18.0. The minimum absolute atomic E-state index is 0.0172. The quantitative estimate of drug-likeness (QED) is 0.820. The Morgan fingerprint density at radius 1 is 1.16 bits per heavy atom. The van der Waals surface area contributed by atoms with Crippen LogP contribution in [-0.4, -0.2) is 54.3 Å². The normalized spacial score (nSPS) is 21.8. The van der Waals surface area contributed by atoms with E-state index in [-0.39, 0.29) is 6.10 Å². The molecule has 0 spiro atoms. The van der Waals surface area contributed by atoms with Crippen molar-refractivity contribution in [2.24, 2.45) is 5.92 Å². The molecule has 1 unspecified atom stereocenters. The van der Waals surface area contributed by atoms with Crippen molar-refractivity contribution in [3.05, 3.63) is 12.1 Å². The fourth-order valence-corrected chi connectivity index (χ4v) is 3.81. The number of carbonyl (C=O) groups excluding carboxylic acids is 1. The van der Waals surface area contributed by atoms with Crippen molar-refractivity contribution in [3.63, 3.8) is 0 Å². The van der Waals surface area contributed by atoms with Crippen LogP contribution in [0, 0.1) is 5.92 Å². The predicted octanol–water partition coefficient (Wildman–Crippen LogP) is 2.88. The predicted molar refractivity (Wildman–Crippen MR) is 97.8 cm³/mol. The summed E-state index contributed by atoms with van der Waals surface area (Å²) in [6.07, 6.45) is 9.01. The van der Waals surface area contributed by atoms with Gasteiger partial charge in [-0.05, 0) is 37.7 Å². The van der Waals surface area contributed by atoms with Crippen LogP contribution in [0.5, 0.6) is 5.88 Å². The standard InChI is InChI=1S/C19H30N4O2/c1-22(2)17-10-11-18(21-20-17)25-16-9-6-12-23(14-16)19(24)13-15-7-4-3-5-8-15/h10-11,15-16H,3-9,12-14H2,1-2H3. The second-order valence-electron chi connectivity index (χ2n) is 7.55. The van der Waals surface area contributed by atoms with Crippen LogP contribution in [-0.2, 0) is 4.79 Å². The summed E-state index contributed by atoms with van der Waals surface area (Å²) in [6, 6.07) is 3.75. The lowest BCUT2D eigenvalue weighted by atomic mass is 9.86. The molecular weight excluding hydrogens is 316 g/mol. The lowest BCUT2D eigenvalue weighted by Gasteiger charge is -2.34. The highest BCUT2D eigenvalue weighted by Crippen LogP contribution is 2.27. The molecule has 6 heteroatoms. The molecule has 1 aliphatic carbocycles. The topological polar surface area (TPSA) is 58.6 Å². The molecule has 1 amide bonds. The van der Waals surface area contributed by atoms with Gasteiger partial charge in [0, 0.05) is 33.1 Å². The van der Waals surface area contributed by atoms with Crippen LogP contribution in [0.15, 0.2) is 12.1 Å². The average Bonchev–Trinajstić information content (AvgIpc) is 2.63. The molecule has 2 fully saturated rings. The highest BCUT2D eigenvalue weighted by Gasteiger charge is 2.27. The Labute approximate surface area is 150 Å². The number of carbonyl (C=O) groups is 1. The Balaban J connectivity index is 1.50. The molecule has 2 heterocycles. The molecule has 6 nitrogen and oxygen atoms in total. The van der Waals surface area contributed by atoms with Gasteiger partial charge in [0.25, 0.3) is 0 Å². The van der Waals surface area contributed by atoms with E-state index in [1.54, 1.807) is 0 Å². The summed E-state index contributed by atoms with van der Waals surface area (Å²) < 4.78 is 5.97. The maximum atomic E-state index is 12.6. The van der Waals surface area contributed by atoms with Crippen LogP contribution in [0.2, 0.25) is 0 Å². The Hall–Kier alpha value is -1.85. The van der Waals surface area contributed by atoms with Gasteiger partial charge in [-0.15, -0.1) is 10.2 Å². The highest BCUT2D eigenvalue weighted by atomic mass is 16.5. The van der Waals surface area contributed by atoms with Crippen LogP contribution in [0.25, 0.3) is 0 Å². The molecule has 3 rings (SSSR count). The number of anilines is 1.